The number of carbonyl (C=O) groups excluding carboxylic acids is 2. The van der Waals surface area contributed by atoms with E-state index in [1.807, 2.05) is 0 Å². The van der Waals surface area contributed by atoms with Gasteiger partial charge in [0.2, 0.25) is 5.91 Å². The zero-order valence-electron chi connectivity index (χ0n) is 15.8. The molecule has 2 aromatic heterocycles. The molecule has 1 atom stereocenters. The average molecular weight is 396 g/mol. The van der Waals surface area contributed by atoms with Crippen LogP contribution in [0.4, 0.5) is 5.69 Å². The first kappa shape index (κ1) is 18.9. The number of benzene rings is 1. The number of nitrogens with one attached hydrogen (secondary N) is 1. The van der Waals surface area contributed by atoms with Crippen molar-refractivity contribution in [1.29, 1.82) is 0 Å². The van der Waals surface area contributed by atoms with Crippen LogP contribution in [0.2, 0.25) is 0 Å². The highest BCUT2D eigenvalue weighted by Crippen LogP contribution is 2.20. The summed E-state index contributed by atoms with van der Waals surface area (Å²) in [5, 5.41) is 2.78. The molecule has 29 heavy (non-hydrogen) atoms. The van der Waals surface area contributed by atoms with Crippen LogP contribution < -0.4 is 11.1 Å². The molecule has 0 bridgehead atoms. The van der Waals surface area contributed by atoms with Crippen molar-refractivity contribution in [3.8, 4) is 0 Å². The molecule has 9 nitrogen and oxygen atoms in total. The van der Waals surface area contributed by atoms with E-state index in [9.17, 15) is 14.4 Å². The van der Waals surface area contributed by atoms with Gasteiger partial charge in [-0.15, -0.1) is 0 Å². The molecule has 1 aromatic carbocycles. The smallest absolute Gasteiger partial charge is 0.408 e. The lowest BCUT2D eigenvalue weighted by atomic mass is 10.1. The van der Waals surface area contributed by atoms with Gasteiger partial charge in [-0.2, -0.15) is 0 Å². The lowest BCUT2D eigenvalue weighted by Crippen LogP contribution is -2.50. The van der Waals surface area contributed by atoms with Gasteiger partial charge in [-0.05, 0) is 30.3 Å². The molecule has 1 saturated heterocycles. The standard InChI is InChI=1S/C20H20N4O5/c1-23-16-9-13(4-5-17(16)29-20(23)27)19(26)24-7-8-28-12-15(24)10-18(25)22-14-3-2-6-21-11-14/h2-6,9,11,15H,7-8,10,12H2,1H3,(H,22,25). The molecule has 2 amide bonds. The number of morpholine rings is 1. The van der Waals surface area contributed by atoms with Crippen molar-refractivity contribution >= 4 is 28.6 Å². The second-order valence-electron chi connectivity index (χ2n) is 6.83. The number of fused-ring (bicyclic) bond motifs is 1. The maximum absolute atomic E-state index is 13.1. The molecule has 1 unspecified atom stereocenters. The topological polar surface area (TPSA) is 107 Å². The maximum Gasteiger partial charge on any atom is 0.419 e. The summed E-state index contributed by atoms with van der Waals surface area (Å²) in [7, 11) is 1.59. The molecular formula is C20H20N4O5. The van der Waals surface area contributed by atoms with E-state index in [4.69, 9.17) is 9.15 Å². The van der Waals surface area contributed by atoms with Crippen LogP contribution in [0.5, 0.6) is 0 Å². The Morgan fingerprint density at radius 1 is 1.31 bits per heavy atom. The van der Waals surface area contributed by atoms with Gasteiger partial charge in [-0.3, -0.25) is 19.1 Å². The first-order chi connectivity index (χ1) is 14.0. The molecule has 0 radical (unpaired) electrons. The minimum atomic E-state index is -0.485. The van der Waals surface area contributed by atoms with Crippen molar-refractivity contribution in [2.75, 3.05) is 25.1 Å². The van der Waals surface area contributed by atoms with Crippen molar-refractivity contribution in [3.63, 3.8) is 0 Å². The predicted molar refractivity (Wildman–Crippen MR) is 105 cm³/mol. The summed E-state index contributed by atoms with van der Waals surface area (Å²) in [4.78, 5) is 42.8. The summed E-state index contributed by atoms with van der Waals surface area (Å²) in [5.41, 5.74) is 1.98. The van der Waals surface area contributed by atoms with Crippen LogP contribution in [0.25, 0.3) is 11.1 Å². The summed E-state index contributed by atoms with van der Waals surface area (Å²) in [6, 6.07) is 7.94. The second kappa shape index (κ2) is 7.88. The van der Waals surface area contributed by atoms with E-state index in [-0.39, 0.29) is 24.8 Å². The fraction of sp³-hybridized carbons (Fsp3) is 0.300. The molecule has 1 fully saturated rings. The van der Waals surface area contributed by atoms with E-state index < -0.39 is 11.8 Å². The Morgan fingerprint density at radius 2 is 2.17 bits per heavy atom. The highest BCUT2D eigenvalue weighted by atomic mass is 16.5. The first-order valence-corrected chi connectivity index (χ1v) is 9.21. The van der Waals surface area contributed by atoms with Crippen LogP contribution in [0.15, 0.2) is 51.9 Å². The maximum atomic E-state index is 13.1. The Morgan fingerprint density at radius 3 is 2.97 bits per heavy atom. The van der Waals surface area contributed by atoms with E-state index in [2.05, 4.69) is 10.3 Å². The van der Waals surface area contributed by atoms with E-state index in [0.29, 0.717) is 35.5 Å². The van der Waals surface area contributed by atoms with Crippen LogP contribution in [0, 0.1) is 0 Å². The molecule has 1 aliphatic rings. The van der Waals surface area contributed by atoms with E-state index >= 15 is 0 Å². The van der Waals surface area contributed by atoms with E-state index in [0.717, 1.165) is 0 Å². The zero-order valence-corrected chi connectivity index (χ0v) is 15.8. The number of amides is 2. The molecular weight excluding hydrogens is 376 g/mol. The predicted octanol–water partition coefficient (Wildman–Crippen LogP) is 1.40. The number of aryl methyl sites for hydroxylation is 1. The summed E-state index contributed by atoms with van der Waals surface area (Å²) in [6.07, 6.45) is 3.29. The minimum absolute atomic E-state index is 0.104. The van der Waals surface area contributed by atoms with Crippen molar-refractivity contribution in [2.24, 2.45) is 7.05 Å². The van der Waals surface area contributed by atoms with Gasteiger partial charge >= 0.3 is 5.76 Å². The Hall–Kier alpha value is -3.46. The largest absolute Gasteiger partial charge is 0.419 e. The van der Waals surface area contributed by atoms with Gasteiger partial charge in [0, 0.05) is 31.8 Å². The van der Waals surface area contributed by atoms with Crippen LogP contribution in [-0.4, -0.2) is 52.1 Å². The third-order valence-electron chi connectivity index (χ3n) is 4.89. The lowest BCUT2D eigenvalue weighted by Gasteiger charge is -2.35. The monoisotopic (exact) mass is 396 g/mol. The molecule has 0 aliphatic carbocycles. The van der Waals surface area contributed by atoms with Crippen LogP contribution in [0.1, 0.15) is 16.8 Å². The highest BCUT2D eigenvalue weighted by Gasteiger charge is 2.30. The molecule has 0 spiro atoms. The minimum Gasteiger partial charge on any atom is -0.408 e. The molecule has 150 valence electrons. The number of carbonyl (C=O) groups is 2. The molecule has 1 N–H and O–H groups in total. The average Bonchev–Trinajstić information content (AvgIpc) is 3.02. The molecule has 0 saturated carbocycles. The fourth-order valence-corrected chi connectivity index (χ4v) is 3.38. The Bertz CT molecular complexity index is 1110. The third-order valence-corrected chi connectivity index (χ3v) is 4.89. The van der Waals surface area contributed by atoms with Gasteiger partial charge in [0.1, 0.15) is 0 Å². The molecule has 1 aliphatic heterocycles. The van der Waals surface area contributed by atoms with Gasteiger partial charge in [0.15, 0.2) is 5.58 Å². The van der Waals surface area contributed by atoms with Gasteiger partial charge in [0.05, 0.1) is 36.7 Å². The quantitative estimate of drug-likeness (QED) is 0.714. The van der Waals surface area contributed by atoms with Gasteiger partial charge in [-0.1, -0.05) is 0 Å². The second-order valence-corrected chi connectivity index (χ2v) is 6.83. The van der Waals surface area contributed by atoms with Gasteiger partial charge in [-0.25, -0.2) is 4.79 Å². The Kier molecular flexibility index (Phi) is 5.13. The number of hydrogen-bond donors (Lipinski definition) is 1. The number of pyridine rings is 1. The Balaban J connectivity index is 1.52. The van der Waals surface area contributed by atoms with Crippen molar-refractivity contribution < 1.29 is 18.7 Å². The molecule has 3 aromatic rings. The molecule has 4 rings (SSSR count). The van der Waals surface area contributed by atoms with Gasteiger partial charge in [0.25, 0.3) is 5.91 Å². The number of oxazole rings is 1. The fourth-order valence-electron chi connectivity index (χ4n) is 3.38. The number of aromatic nitrogens is 2. The van der Waals surface area contributed by atoms with Crippen LogP contribution in [-0.2, 0) is 16.6 Å². The number of ether oxygens (including phenoxy) is 1. The summed E-state index contributed by atoms with van der Waals surface area (Å²) in [6.45, 7) is 1.06. The highest BCUT2D eigenvalue weighted by molar-refractivity contribution is 5.98. The lowest BCUT2D eigenvalue weighted by molar-refractivity contribution is -0.118. The molecule has 9 heteroatoms. The summed E-state index contributed by atoms with van der Waals surface area (Å²) < 4.78 is 12.0. The van der Waals surface area contributed by atoms with Crippen molar-refractivity contribution in [1.82, 2.24) is 14.5 Å². The van der Waals surface area contributed by atoms with E-state index in [1.165, 1.54) is 4.57 Å². The van der Waals surface area contributed by atoms with Crippen LogP contribution in [0.3, 0.4) is 0 Å². The number of nitrogens with zero attached hydrogens (tertiary/aromatic N) is 3. The molecule has 3 heterocycles. The van der Waals surface area contributed by atoms with Gasteiger partial charge < -0.3 is 19.4 Å². The number of hydrogen-bond acceptors (Lipinski definition) is 6. The van der Waals surface area contributed by atoms with E-state index in [1.54, 1.807) is 54.7 Å². The summed E-state index contributed by atoms with van der Waals surface area (Å²) in [5.74, 6) is -0.928. The zero-order chi connectivity index (χ0) is 20.4. The normalized spacial score (nSPS) is 16.7. The van der Waals surface area contributed by atoms with Crippen molar-refractivity contribution in [3.05, 3.63) is 58.8 Å². The number of anilines is 1. The Labute approximate surface area is 165 Å². The first-order valence-electron chi connectivity index (χ1n) is 9.21. The SMILES string of the molecule is Cn1c(=O)oc2ccc(C(=O)N3CCOCC3CC(=O)Nc3cccnc3)cc21. The third kappa shape index (κ3) is 3.90. The van der Waals surface area contributed by atoms with Crippen LogP contribution >= 0.6 is 0 Å². The number of rotatable bonds is 4. The summed E-state index contributed by atoms with van der Waals surface area (Å²) >= 11 is 0. The van der Waals surface area contributed by atoms with Crippen molar-refractivity contribution in [2.45, 2.75) is 12.5 Å².